The van der Waals surface area contributed by atoms with E-state index in [4.69, 9.17) is 5.73 Å². The number of nitrogens with two attached hydrogens (primary N) is 1. The molecule has 0 unspecified atom stereocenters. The third-order valence-electron chi connectivity index (χ3n) is 3.85. The maximum absolute atomic E-state index is 11.2. The molecule has 5 heteroatoms. The van der Waals surface area contributed by atoms with E-state index < -0.39 is 0 Å². The van der Waals surface area contributed by atoms with E-state index in [-0.39, 0.29) is 11.2 Å². The third-order valence-corrected chi connectivity index (χ3v) is 3.85. The van der Waals surface area contributed by atoms with Gasteiger partial charge in [0.2, 0.25) is 0 Å². The van der Waals surface area contributed by atoms with Crippen molar-refractivity contribution in [2.24, 2.45) is 5.73 Å². The van der Waals surface area contributed by atoms with Crippen LogP contribution in [0.4, 0.5) is 0 Å². The van der Waals surface area contributed by atoms with Gasteiger partial charge in [0.25, 0.3) is 0 Å². The highest BCUT2D eigenvalue weighted by Gasteiger charge is 2.20. The molecular weight excluding hydrogens is 240 g/mol. The Bertz CT molecular complexity index is 611. The van der Waals surface area contributed by atoms with Crippen molar-refractivity contribution in [3.05, 3.63) is 34.2 Å². The van der Waals surface area contributed by atoms with E-state index in [2.05, 4.69) is 41.8 Å². The Morgan fingerprint density at radius 3 is 2.63 bits per heavy atom. The fraction of sp³-hybridized carbons (Fsp3) is 0.500. The SMILES string of the molecule is CN(CCc1ccc2[nH]c(=O)[nH]c2c1)C(C)(C)CN. The second-order valence-corrected chi connectivity index (χ2v) is 5.65. The number of aromatic amines is 2. The number of nitrogens with zero attached hydrogens (tertiary/aromatic N) is 1. The quantitative estimate of drug-likeness (QED) is 0.754. The number of likely N-dealkylation sites (N-methyl/N-ethyl adjacent to an activating group) is 1. The molecule has 0 aliphatic heterocycles. The fourth-order valence-corrected chi connectivity index (χ4v) is 1.99. The molecule has 0 aliphatic rings. The van der Waals surface area contributed by atoms with Crippen molar-refractivity contribution in [2.75, 3.05) is 20.1 Å². The number of benzene rings is 1. The van der Waals surface area contributed by atoms with Crippen LogP contribution in [0.1, 0.15) is 19.4 Å². The largest absolute Gasteiger partial charge is 0.329 e. The Balaban J connectivity index is 2.07. The van der Waals surface area contributed by atoms with Gasteiger partial charge in [-0.15, -0.1) is 0 Å². The second-order valence-electron chi connectivity index (χ2n) is 5.65. The minimum atomic E-state index is -0.159. The number of fused-ring (bicyclic) bond motifs is 1. The van der Waals surface area contributed by atoms with Gasteiger partial charge >= 0.3 is 5.69 Å². The molecular formula is C14H22N4O. The molecule has 104 valence electrons. The Morgan fingerprint density at radius 1 is 1.26 bits per heavy atom. The molecule has 1 aromatic heterocycles. The Hall–Kier alpha value is -1.59. The number of rotatable bonds is 5. The number of imidazole rings is 1. The van der Waals surface area contributed by atoms with Gasteiger partial charge in [-0.3, -0.25) is 4.90 Å². The monoisotopic (exact) mass is 262 g/mol. The van der Waals surface area contributed by atoms with E-state index in [1.807, 2.05) is 12.1 Å². The molecule has 19 heavy (non-hydrogen) atoms. The summed E-state index contributed by atoms with van der Waals surface area (Å²) < 4.78 is 0. The zero-order chi connectivity index (χ0) is 14.0. The van der Waals surface area contributed by atoms with Crippen molar-refractivity contribution >= 4 is 11.0 Å². The van der Waals surface area contributed by atoms with Gasteiger partial charge in [-0.25, -0.2) is 4.79 Å². The Morgan fingerprint density at radius 2 is 1.95 bits per heavy atom. The van der Waals surface area contributed by atoms with Crippen molar-refractivity contribution in [3.8, 4) is 0 Å². The van der Waals surface area contributed by atoms with Gasteiger partial charge in [0.1, 0.15) is 0 Å². The predicted molar refractivity (Wildman–Crippen MR) is 78.4 cm³/mol. The summed E-state index contributed by atoms with van der Waals surface area (Å²) in [5.41, 5.74) is 8.54. The molecule has 0 amide bonds. The first kappa shape index (κ1) is 13.8. The first-order valence-electron chi connectivity index (χ1n) is 6.54. The van der Waals surface area contributed by atoms with Gasteiger partial charge < -0.3 is 15.7 Å². The van der Waals surface area contributed by atoms with E-state index >= 15 is 0 Å². The van der Waals surface area contributed by atoms with Crippen LogP contribution in [0.2, 0.25) is 0 Å². The van der Waals surface area contributed by atoms with Crippen molar-refractivity contribution < 1.29 is 0 Å². The molecule has 0 bridgehead atoms. The molecule has 0 aliphatic carbocycles. The molecule has 2 aromatic rings. The van der Waals surface area contributed by atoms with Gasteiger partial charge in [0, 0.05) is 18.6 Å². The van der Waals surface area contributed by atoms with Crippen LogP contribution in [0, 0.1) is 0 Å². The smallest absolute Gasteiger partial charge is 0.323 e. The summed E-state index contributed by atoms with van der Waals surface area (Å²) in [6, 6.07) is 6.02. The van der Waals surface area contributed by atoms with Crippen molar-refractivity contribution in [1.82, 2.24) is 14.9 Å². The lowest BCUT2D eigenvalue weighted by molar-refractivity contribution is 0.166. The zero-order valence-electron chi connectivity index (χ0n) is 11.8. The highest BCUT2D eigenvalue weighted by atomic mass is 16.1. The zero-order valence-corrected chi connectivity index (χ0v) is 11.8. The first-order chi connectivity index (χ1) is 8.92. The molecule has 5 nitrogen and oxygen atoms in total. The van der Waals surface area contributed by atoms with E-state index in [0.717, 1.165) is 24.0 Å². The van der Waals surface area contributed by atoms with Crippen LogP contribution in [-0.2, 0) is 6.42 Å². The van der Waals surface area contributed by atoms with Gasteiger partial charge in [0.15, 0.2) is 0 Å². The lowest BCUT2D eigenvalue weighted by Crippen LogP contribution is -2.47. The fourth-order valence-electron chi connectivity index (χ4n) is 1.99. The molecule has 0 radical (unpaired) electrons. The number of H-pyrrole nitrogens is 2. The minimum Gasteiger partial charge on any atom is -0.329 e. The van der Waals surface area contributed by atoms with Crippen molar-refractivity contribution in [1.29, 1.82) is 0 Å². The summed E-state index contributed by atoms with van der Waals surface area (Å²) in [5.74, 6) is 0. The second kappa shape index (κ2) is 5.19. The lowest BCUT2D eigenvalue weighted by atomic mass is 10.0. The van der Waals surface area contributed by atoms with Crippen LogP contribution >= 0.6 is 0 Å². The maximum Gasteiger partial charge on any atom is 0.323 e. The molecule has 1 aromatic carbocycles. The van der Waals surface area contributed by atoms with Crippen LogP contribution < -0.4 is 11.4 Å². The van der Waals surface area contributed by atoms with E-state index in [1.165, 1.54) is 5.56 Å². The molecule has 0 saturated heterocycles. The van der Waals surface area contributed by atoms with Gasteiger partial charge in [-0.05, 0) is 45.0 Å². The first-order valence-corrected chi connectivity index (χ1v) is 6.54. The topological polar surface area (TPSA) is 77.9 Å². The van der Waals surface area contributed by atoms with Crippen LogP contribution in [-0.4, -0.2) is 40.5 Å². The lowest BCUT2D eigenvalue weighted by Gasteiger charge is -2.34. The molecule has 0 fully saturated rings. The summed E-state index contributed by atoms with van der Waals surface area (Å²) >= 11 is 0. The highest BCUT2D eigenvalue weighted by molar-refractivity contribution is 5.74. The molecule has 4 N–H and O–H groups in total. The molecule has 1 heterocycles. The van der Waals surface area contributed by atoms with E-state index in [0.29, 0.717) is 6.54 Å². The van der Waals surface area contributed by atoms with Crippen LogP contribution in [0.5, 0.6) is 0 Å². The van der Waals surface area contributed by atoms with E-state index in [9.17, 15) is 4.79 Å². The summed E-state index contributed by atoms with van der Waals surface area (Å²) in [6.45, 7) is 5.84. The summed E-state index contributed by atoms with van der Waals surface area (Å²) in [7, 11) is 2.09. The normalized spacial score (nSPS) is 12.5. The van der Waals surface area contributed by atoms with Crippen LogP contribution in [0.15, 0.2) is 23.0 Å². The van der Waals surface area contributed by atoms with Crippen LogP contribution in [0.25, 0.3) is 11.0 Å². The van der Waals surface area contributed by atoms with Gasteiger partial charge in [-0.1, -0.05) is 6.07 Å². The minimum absolute atomic E-state index is 0.00645. The number of hydrogen-bond acceptors (Lipinski definition) is 3. The van der Waals surface area contributed by atoms with E-state index in [1.54, 1.807) is 0 Å². The Labute approximate surface area is 112 Å². The highest BCUT2D eigenvalue weighted by Crippen LogP contribution is 2.14. The van der Waals surface area contributed by atoms with Gasteiger partial charge in [-0.2, -0.15) is 0 Å². The summed E-state index contributed by atoms with van der Waals surface area (Å²) in [5, 5.41) is 0. The van der Waals surface area contributed by atoms with Crippen molar-refractivity contribution in [3.63, 3.8) is 0 Å². The number of hydrogen-bond donors (Lipinski definition) is 3. The number of aromatic nitrogens is 2. The molecule has 0 spiro atoms. The van der Waals surface area contributed by atoms with Crippen molar-refractivity contribution in [2.45, 2.75) is 25.8 Å². The summed E-state index contributed by atoms with van der Waals surface area (Å²) in [6.07, 6.45) is 0.934. The average Bonchev–Trinajstić information content (AvgIpc) is 2.74. The van der Waals surface area contributed by atoms with Crippen LogP contribution in [0.3, 0.4) is 0 Å². The maximum atomic E-state index is 11.2. The summed E-state index contributed by atoms with van der Waals surface area (Å²) in [4.78, 5) is 19.0. The molecule has 0 saturated carbocycles. The Kier molecular flexibility index (Phi) is 3.78. The molecule has 0 atom stereocenters. The molecule has 2 rings (SSSR count). The standard InChI is InChI=1S/C14H22N4O/c1-14(2,9-15)18(3)7-6-10-4-5-11-12(8-10)17-13(19)16-11/h4-5,8H,6-7,9,15H2,1-3H3,(H2,16,17,19). The van der Waals surface area contributed by atoms with Gasteiger partial charge in [0.05, 0.1) is 11.0 Å². The third kappa shape index (κ3) is 3.05. The predicted octanol–water partition coefficient (Wildman–Crippen LogP) is 1.07. The average molecular weight is 262 g/mol. The number of nitrogens with one attached hydrogen (secondary N) is 2.